The van der Waals surface area contributed by atoms with E-state index < -0.39 is 58.9 Å². The van der Waals surface area contributed by atoms with Gasteiger partial charge in [-0.15, -0.1) is 10.1 Å². The first kappa shape index (κ1) is 21.8. The van der Waals surface area contributed by atoms with Gasteiger partial charge in [-0.05, 0) is 6.92 Å². The monoisotopic (exact) mass is 392 g/mol. The van der Waals surface area contributed by atoms with Gasteiger partial charge in [-0.3, -0.25) is 14.2 Å². The average molecular weight is 392 g/mol. The molecule has 150 valence electrons. The topological polar surface area (TPSA) is 186 Å². The van der Waals surface area contributed by atoms with Crippen molar-refractivity contribution in [1.29, 1.82) is 0 Å². The number of halogens is 1. The Labute approximate surface area is 150 Å². The Morgan fingerprint density at radius 3 is 2.33 bits per heavy atom. The fourth-order valence-corrected chi connectivity index (χ4v) is 2.34. The van der Waals surface area contributed by atoms with Crippen LogP contribution in [0.15, 0.2) is 11.0 Å². The zero-order valence-corrected chi connectivity index (χ0v) is 14.4. The first-order valence-electron chi connectivity index (χ1n) is 7.31. The largest absolute Gasteiger partial charge is 0.456 e. The third-order valence-electron chi connectivity index (χ3n) is 3.23. The van der Waals surface area contributed by atoms with Gasteiger partial charge in [0.25, 0.3) is 5.09 Å². The van der Waals surface area contributed by atoms with Crippen molar-refractivity contribution in [2.24, 2.45) is 0 Å². The quantitative estimate of drug-likeness (QED) is 0.380. The minimum absolute atomic E-state index is 0.558. The van der Waals surface area contributed by atoms with Crippen LogP contribution in [0, 0.1) is 15.9 Å². The molecule has 0 radical (unpaired) electrons. The fraction of sp³-hybridized carbons (Fsp3) is 0.538. The molecule has 0 aliphatic carbocycles. The van der Waals surface area contributed by atoms with Crippen molar-refractivity contribution < 1.29 is 38.5 Å². The van der Waals surface area contributed by atoms with Gasteiger partial charge in [0.15, 0.2) is 30.1 Å². The maximum Gasteiger partial charge on any atom is 0.351 e. The number of hydrogen-bond donors (Lipinski definition) is 2. The standard InChI is InChI=1S/C13H16FN3O6.HNO3/c1-5-9(22-6(2)18)10(23-7(3)19)12(21-5)17-4-8(14)11(15)16-13(17)20;2-1(3)4/h4-5,9-10,12H,1-3H3,(H2,15,16,20);(H,2,3,4)/t5-,9-,10-,12-;/m1./s1. The van der Waals surface area contributed by atoms with Crippen LogP contribution < -0.4 is 11.4 Å². The molecule has 0 bridgehead atoms. The van der Waals surface area contributed by atoms with Crippen LogP contribution in [0.25, 0.3) is 0 Å². The van der Waals surface area contributed by atoms with Gasteiger partial charge in [0.2, 0.25) is 0 Å². The Hall–Kier alpha value is -3.29. The molecule has 4 atom stereocenters. The summed E-state index contributed by atoms with van der Waals surface area (Å²) in [6.45, 7) is 3.90. The molecule has 27 heavy (non-hydrogen) atoms. The number of nitrogens with two attached hydrogens (primary N) is 1. The molecule has 1 saturated heterocycles. The lowest BCUT2D eigenvalue weighted by Gasteiger charge is -2.23. The minimum atomic E-state index is -1.50. The van der Waals surface area contributed by atoms with Gasteiger partial charge in [-0.25, -0.2) is 9.18 Å². The highest BCUT2D eigenvalue weighted by Gasteiger charge is 2.48. The fourth-order valence-electron chi connectivity index (χ4n) is 2.34. The van der Waals surface area contributed by atoms with E-state index in [2.05, 4.69) is 4.98 Å². The molecule has 1 aliphatic rings. The van der Waals surface area contributed by atoms with Crippen molar-refractivity contribution >= 4 is 17.8 Å². The Morgan fingerprint density at radius 2 is 1.85 bits per heavy atom. The highest BCUT2D eigenvalue weighted by atomic mass is 19.1. The van der Waals surface area contributed by atoms with E-state index in [9.17, 15) is 18.8 Å². The molecule has 0 amide bonds. The summed E-state index contributed by atoms with van der Waals surface area (Å²) in [7, 11) is 0. The molecule has 3 N–H and O–H groups in total. The Kier molecular flexibility index (Phi) is 7.16. The summed E-state index contributed by atoms with van der Waals surface area (Å²) in [6.07, 6.45) is -3.17. The van der Waals surface area contributed by atoms with Crippen LogP contribution in [0.3, 0.4) is 0 Å². The number of nitrogens with zero attached hydrogens (tertiary/aromatic N) is 3. The number of carbonyl (C=O) groups is 2. The van der Waals surface area contributed by atoms with Crippen LogP contribution >= 0.6 is 0 Å². The number of nitrogen functional groups attached to an aromatic ring is 1. The number of aromatic nitrogens is 2. The molecule has 2 rings (SSSR count). The molecule has 0 aromatic carbocycles. The molecule has 0 saturated carbocycles. The number of carbonyl (C=O) groups excluding carboxylic acids is 2. The van der Waals surface area contributed by atoms with Crippen LogP contribution in [0.5, 0.6) is 0 Å². The van der Waals surface area contributed by atoms with E-state index in [1.54, 1.807) is 6.92 Å². The van der Waals surface area contributed by atoms with Gasteiger partial charge in [-0.2, -0.15) is 4.98 Å². The highest BCUT2D eigenvalue weighted by Crippen LogP contribution is 2.33. The Balaban J connectivity index is 0.000000828. The van der Waals surface area contributed by atoms with E-state index in [4.69, 9.17) is 35.3 Å². The highest BCUT2D eigenvalue weighted by molar-refractivity contribution is 5.67. The van der Waals surface area contributed by atoms with Crippen molar-refractivity contribution in [2.45, 2.75) is 45.3 Å². The maximum atomic E-state index is 13.6. The predicted molar refractivity (Wildman–Crippen MR) is 82.3 cm³/mol. The number of hydrogen-bond acceptors (Lipinski definition) is 10. The summed E-state index contributed by atoms with van der Waals surface area (Å²) in [5.74, 6) is -2.78. The van der Waals surface area contributed by atoms with E-state index in [0.717, 1.165) is 17.7 Å². The van der Waals surface area contributed by atoms with Gasteiger partial charge in [0.05, 0.1) is 12.3 Å². The lowest BCUT2D eigenvalue weighted by molar-refractivity contribution is -0.742. The second-order valence-corrected chi connectivity index (χ2v) is 5.28. The van der Waals surface area contributed by atoms with Crippen molar-refractivity contribution in [2.75, 3.05) is 5.73 Å². The molecular formula is C13H17FN4O9. The van der Waals surface area contributed by atoms with E-state index >= 15 is 0 Å². The number of esters is 2. The van der Waals surface area contributed by atoms with Crippen LogP contribution in [0.4, 0.5) is 10.2 Å². The average Bonchev–Trinajstić information content (AvgIpc) is 2.78. The molecule has 0 unspecified atom stereocenters. The first-order chi connectivity index (χ1) is 12.4. The second-order valence-electron chi connectivity index (χ2n) is 5.28. The summed E-state index contributed by atoms with van der Waals surface area (Å²) in [5, 5.41) is 13.6. The number of ether oxygens (including phenoxy) is 3. The Morgan fingerprint density at radius 1 is 1.37 bits per heavy atom. The molecule has 2 heterocycles. The van der Waals surface area contributed by atoms with Gasteiger partial charge < -0.3 is 25.2 Å². The first-order valence-corrected chi connectivity index (χ1v) is 7.31. The number of rotatable bonds is 3. The van der Waals surface area contributed by atoms with Gasteiger partial charge in [0, 0.05) is 13.8 Å². The third-order valence-corrected chi connectivity index (χ3v) is 3.23. The summed E-state index contributed by atoms with van der Waals surface area (Å²) < 4.78 is 30.1. The third kappa shape index (κ3) is 5.88. The normalized spacial score (nSPS) is 23.7. The van der Waals surface area contributed by atoms with Crippen molar-refractivity contribution in [3.63, 3.8) is 0 Å². The SMILES string of the molecule is CC(=O)O[C@@H]1[C@H](OC(C)=O)[C@@H](C)O[C@H]1n1cc(F)c(N)nc1=O.O=[N+]([O-])O. The molecule has 13 nitrogen and oxygen atoms in total. The molecule has 0 spiro atoms. The lowest BCUT2D eigenvalue weighted by Crippen LogP contribution is -2.40. The minimum Gasteiger partial charge on any atom is -0.456 e. The maximum absolute atomic E-state index is 13.6. The van der Waals surface area contributed by atoms with Crippen LogP contribution in [-0.4, -0.2) is 50.1 Å². The van der Waals surface area contributed by atoms with Crippen molar-refractivity contribution in [3.05, 3.63) is 32.6 Å². The van der Waals surface area contributed by atoms with Crippen LogP contribution in [-0.2, 0) is 23.8 Å². The zero-order chi connectivity index (χ0) is 20.9. The molecule has 14 heteroatoms. The van der Waals surface area contributed by atoms with Crippen LogP contribution in [0.2, 0.25) is 0 Å². The molecule has 1 aliphatic heterocycles. The summed E-state index contributed by atoms with van der Waals surface area (Å²) in [4.78, 5) is 46.1. The molecular weight excluding hydrogens is 375 g/mol. The van der Waals surface area contributed by atoms with E-state index in [1.165, 1.54) is 6.92 Å². The van der Waals surface area contributed by atoms with Crippen molar-refractivity contribution in [3.8, 4) is 0 Å². The lowest BCUT2D eigenvalue weighted by atomic mass is 10.1. The van der Waals surface area contributed by atoms with E-state index in [0.29, 0.717) is 0 Å². The summed E-state index contributed by atoms with van der Waals surface area (Å²) >= 11 is 0. The molecule has 1 aromatic rings. The van der Waals surface area contributed by atoms with E-state index in [-0.39, 0.29) is 0 Å². The van der Waals surface area contributed by atoms with Gasteiger partial charge in [0.1, 0.15) is 0 Å². The van der Waals surface area contributed by atoms with E-state index in [1.807, 2.05) is 0 Å². The second kappa shape index (κ2) is 8.88. The van der Waals surface area contributed by atoms with Gasteiger partial charge >= 0.3 is 17.6 Å². The molecule has 1 aromatic heterocycles. The van der Waals surface area contributed by atoms with Crippen molar-refractivity contribution in [1.82, 2.24) is 9.55 Å². The summed E-state index contributed by atoms with van der Waals surface area (Å²) in [6, 6.07) is 0. The smallest absolute Gasteiger partial charge is 0.351 e. The van der Waals surface area contributed by atoms with Gasteiger partial charge in [-0.1, -0.05) is 0 Å². The van der Waals surface area contributed by atoms with Crippen LogP contribution in [0.1, 0.15) is 27.0 Å². The Bertz CT molecular complexity index is 780. The number of anilines is 1. The zero-order valence-electron chi connectivity index (χ0n) is 14.4. The predicted octanol–water partition coefficient (Wildman–Crippen LogP) is -0.602. The molecule has 1 fully saturated rings. The summed E-state index contributed by atoms with van der Waals surface area (Å²) in [5.41, 5.74) is 4.34.